The van der Waals surface area contributed by atoms with Crippen molar-refractivity contribution in [3.63, 3.8) is 0 Å². The van der Waals surface area contributed by atoms with Gasteiger partial charge in [0, 0.05) is 29.0 Å². The number of anilines is 1. The first-order valence-electron chi connectivity index (χ1n) is 11.3. The van der Waals surface area contributed by atoms with E-state index in [1.54, 1.807) is 36.5 Å². The SMILES string of the molecule is Cc1cc([C@@H]2[C@H](c3ccccn3)NC(=S)N2c2ccc(O)cc2)c(C)n1-c1cccc(C(F)(F)F)c1. The summed E-state index contributed by atoms with van der Waals surface area (Å²) in [4.78, 5) is 6.51. The Labute approximate surface area is 211 Å². The minimum Gasteiger partial charge on any atom is -0.508 e. The molecule has 2 aromatic carbocycles. The summed E-state index contributed by atoms with van der Waals surface area (Å²) in [5, 5.41) is 13.7. The quantitative estimate of drug-likeness (QED) is 0.313. The van der Waals surface area contributed by atoms with Gasteiger partial charge in [0.2, 0.25) is 0 Å². The fourth-order valence-corrected chi connectivity index (χ4v) is 5.21. The first kappa shape index (κ1) is 23.9. The van der Waals surface area contributed by atoms with E-state index in [0.29, 0.717) is 10.8 Å². The number of hydrogen-bond acceptors (Lipinski definition) is 3. The van der Waals surface area contributed by atoms with Gasteiger partial charge < -0.3 is 19.9 Å². The van der Waals surface area contributed by atoms with Gasteiger partial charge in [-0.25, -0.2) is 0 Å². The van der Waals surface area contributed by atoms with Crippen molar-refractivity contribution in [2.45, 2.75) is 32.1 Å². The zero-order valence-corrected chi connectivity index (χ0v) is 20.3. The van der Waals surface area contributed by atoms with Crippen LogP contribution in [0.2, 0.25) is 0 Å². The maximum absolute atomic E-state index is 13.4. The van der Waals surface area contributed by atoms with Crippen molar-refractivity contribution in [2.24, 2.45) is 0 Å². The highest BCUT2D eigenvalue weighted by atomic mass is 32.1. The molecule has 0 aliphatic carbocycles. The molecule has 0 spiro atoms. The predicted octanol–water partition coefficient (Wildman–Crippen LogP) is 6.39. The molecule has 0 unspecified atom stereocenters. The molecule has 4 aromatic rings. The average Bonchev–Trinajstić information content (AvgIpc) is 3.35. The lowest BCUT2D eigenvalue weighted by atomic mass is 9.96. The first-order chi connectivity index (χ1) is 17.1. The van der Waals surface area contributed by atoms with Crippen LogP contribution in [0.5, 0.6) is 5.75 Å². The van der Waals surface area contributed by atoms with Gasteiger partial charge in [-0.3, -0.25) is 4.98 Å². The molecule has 2 atom stereocenters. The van der Waals surface area contributed by atoms with E-state index in [2.05, 4.69) is 10.3 Å². The summed E-state index contributed by atoms with van der Waals surface area (Å²) in [7, 11) is 0. The Morgan fingerprint density at radius 1 is 0.944 bits per heavy atom. The second-order valence-electron chi connectivity index (χ2n) is 8.72. The van der Waals surface area contributed by atoms with E-state index in [1.165, 1.54) is 6.07 Å². The molecule has 184 valence electrons. The van der Waals surface area contributed by atoms with Crippen LogP contribution in [0.1, 0.15) is 40.3 Å². The van der Waals surface area contributed by atoms with Crippen LogP contribution in [0.4, 0.5) is 18.9 Å². The van der Waals surface area contributed by atoms with Crippen LogP contribution in [-0.2, 0) is 6.18 Å². The van der Waals surface area contributed by atoms with Crippen molar-refractivity contribution < 1.29 is 18.3 Å². The molecule has 0 radical (unpaired) electrons. The standard InChI is InChI=1S/C27H23F3N4OS/c1-16-14-22(17(2)33(16)20-7-5-6-18(15-20)27(28,29)30)25-24(23-8-3-4-13-31-23)32-26(36)34(25)19-9-11-21(35)12-10-19/h3-15,24-25,35H,1-2H3,(H,32,36)/t24-,25+/m0/s1. The highest BCUT2D eigenvalue weighted by Crippen LogP contribution is 2.44. The molecular weight excluding hydrogens is 485 g/mol. The van der Waals surface area contributed by atoms with E-state index < -0.39 is 11.7 Å². The van der Waals surface area contributed by atoms with Crippen LogP contribution in [0, 0.1) is 13.8 Å². The molecule has 2 N–H and O–H groups in total. The van der Waals surface area contributed by atoms with Crippen LogP contribution in [0.25, 0.3) is 5.69 Å². The number of aromatic nitrogens is 2. The van der Waals surface area contributed by atoms with Crippen molar-refractivity contribution in [3.8, 4) is 11.4 Å². The third kappa shape index (κ3) is 4.19. The molecular formula is C27H23F3N4OS. The van der Waals surface area contributed by atoms with Crippen molar-refractivity contribution >= 4 is 23.0 Å². The number of nitrogens with one attached hydrogen (secondary N) is 1. The van der Waals surface area contributed by atoms with Gasteiger partial charge in [-0.2, -0.15) is 13.2 Å². The highest BCUT2D eigenvalue weighted by Gasteiger charge is 2.42. The van der Waals surface area contributed by atoms with E-state index in [4.69, 9.17) is 12.2 Å². The molecule has 2 aromatic heterocycles. The maximum atomic E-state index is 13.4. The molecule has 1 aliphatic rings. The fourth-order valence-electron chi connectivity index (χ4n) is 4.87. The molecule has 1 saturated heterocycles. The van der Waals surface area contributed by atoms with Gasteiger partial charge in [0.15, 0.2) is 5.11 Å². The number of halogens is 3. The number of alkyl halides is 3. The highest BCUT2D eigenvalue weighted by molar-refractivity contribution is 7.80. The lowest BCUT2D eigenvalue weighted by molar-refractivity contribution is -0.137. The van der Waals surface area contributed by atoms with E-state index in [9.17, 15) is 18.3 Å². The van der Waals surface area contributed by atoms with Crippen LogP contribution >= 0.6 is 12.2 Å². The Kier molecular flexibility index (Phi) is 5.96. The van der Waals surface area contributed by atoms with Gasteiger partial charge in [-0.1, -0.05) is 12.1 Å². The zero-order valence-electron chi connectivity index (χ0n) is 19.5. The van der Waals surface area contributed by atoms with E-state index in [-0.39, 0.29) is 17.8 Å². The summed E-state index contributed by atoms with van der Waals surface area (Å²) in [6, 6.07) is 19.1. The average molecular weight is 509 g/mol. The summed E-state index contributed by atoms with van der Waals surface area (Å²) >= 11 is 5.74. The minimum atomic E-state index is -4.44. The second kappa shape index (κ2) is 8.98. The lowest BCUT2D eigenvalue weighted by Crippen LogP contribution is -2.29. The van der Waals surface area contributed by atoms with Crippen LogP contribution in [0.3, 0.4) is 0 Å². The number of rotatable bonds is 4. The number of hydrogen-bond donors (Lipinski definition) is 2. The van der Waals surface area contributed by atoms with Crippen molar-refractivity contribution in [2.75, 3.05) is 4.90 Å². The molecule has 0 saturated carbocycles. The monoisotopic (exact) mass is 508 g/mol. The molecule has 1 aliphatic heterocycles. The number of aryl methyl sites for hydroxylation is 1. The maximum Gasteiger partial charge on any atom is 0.416 e. The number of phenols is 1. The Morgan fingerprint density at radius 2 is 1.69 bits per heavy atom. The number of thiocarbonyl (C=S) groups is 1. The van der Waals surface area contributed by atoms with Crippen LogP contribution in [0.15, 0.2) is 79.0 Å². The summed E-state index contributed by atoms with van der Waals surface area (Å²) in [5.41, 5.74) is 3.80. The molecule has 0 amide bonds. The summed E-state index contributed by atoms with van der Waals surface area (Å²) in [6.45, 7) is 3.77. The number of nitrogens with zero attached hydrogens (tertiary/aromatic N) is 3. The molecule has 1 fully saturated rings. The van der Waals surface area contributed by atoms with Gasteiger partial charge >= 0.3 is 6.18 Å². The normalized spacial score (nSPS) is 17.9. The predicted molar refractivity (Wildman–Crippen MR) is 136 cm³/mol. The summed E-state index contributed by atoms with van der Waals surface area (Å²) in [6.07, 6.45) is -2.72. The third-order valence-corrected chi connectivity index (χ3v) is 6.76. The van der Waals surface area contributed by atoms with Gasteiger partial charge in [0.1, 0.15) is 5.75 Å². The van der Waals surface area contributed by atoms with E-state index in [0.717, 1.165) is 40.5 Å². The van der Waals surface area contributed by atoms with Gasteiger partial charge in [0.25, 0.3) is 0 Å². The van der Waals surface area contributed by atoms with Crippen molar-refractivity contribution in [3.05, 3.63) is 107 Å². The molecule has 36 heavy (non-hydrogen) atoms. The van der Waals surface area contributed by atoms with E-state index in [1.807, 2.05) is 47.6 Å². The van der Waals surface area contributed by atoms with E-state index >= 15 is 0 Å². The molecule has 0 bridgehead atoms. The third-order valence-electron chi connectivity index (χ3n) is 6.45. The number of pyridine rings is 1. The summed E-state index contributed by atoms with van der Waals surface area (Å²) < 4.78 is 42.1. The largest absolute Gasteiger partial charge is 0.508 e. The Balaban J connectivity index is 1.67. The Bertz CT molecular complexity index is 1420. The molecule has 5 nitrogen and oxygen atoms in total. The first-order valence-corrected chi connectivity index (χ1v) is 11.7. The molecule has 9 heteroatoms. The minimum absolute atomic E-state index is 0.136. The van der Waals surface area contributed by atoms with Crippen LogP contribution < -0.4 is 10.2 Å². The number of aromatic hydroxyl groups is 1. The molecule has 5 rings (SSSR count). The van der Waals surface area contributed by atoms with Gasteiger partial charge in [-0.05, 0) is 92.3 Å². The van der Waals surface area contributed by atoms with Crippen LogP contribution in [-0.4, -0.2) is 19.8 Å². The lowest BCUT2D eigenvalue weighted by Gasteiger charge is -2.28. The fraction of sp³-hybridized carbons (Fsp3) is 0.185. The van der Waals surface area contributed by atoms with Gasteiger partial charge in [-0.15, -0.1) is 0 Å². The number of phenolic OH excluding ortho intramolecular Hbond substituents is 1. The Hall–Kier alpha value is -3.85. The molecule has 3 heterocycles. The number of benzene rings is 2. The zero-order chi connectivity index (χ0) is 25.6. The Morgan fingerprint density at radius 3 is 2.36 bits per heavy atom. The van der Waals surface area contributed by atoms with Crippen molar-refractivity contribution in [1.82, 2.24) is 14.9 Å². The second-order valence-corrected chi connectivity index (χ2v) is 9.11. The smallest absolute Gasteiger partial charge is 0.416 e. The van der Waals surface area contributed by atoms with Gasteiger partial charge in [0.05, 0.1) is 23.3 Å². The van der Waals surface area contributed by atoms with Crippen molar-refractivity contribution in [1.29, 1.82) is 0 Å². The summed E-state index contributed by atoms with van der Waals surface area (Å²) in [5.74, 6) is 0.136. The topological polar surface area (TPSA) is 53.3 Å².